The number of hydrogen-bond acceptors (Lipinski definition) is 6. The molecule has 0 unspecified atom stereocenters. The molecule has 1 aromatic carbocycles. The van der Waals surface area contributed by atoms with Crippen molar-refractivity contribution in [3.8, 4) is 5.69 Å². The van der Waals surface area contributed by atoms with Crippen molar-refractivity contribution in [3.63, 3.8) is 0 Å². The number of nitrogens with zero attached hydrogens (tertiary/aromatic N) is 3. The average Bonchev–Trinajstić information content (AvgIpc) is 3.31. The van der Waals surface area contributed by atoms with Gasteiger partial charge in [0.1, 0.15) is 17.1 Å². The zero-order valence-corrected chi connectivity index (χ0v) is 17.7. The minimum Gasteiger partial charge on any atom is -0.360 e. The van der Waals surface area contributed by atoms with E-state index in [1.165, 1.54) is 22.0 Å². The summed E-state index contributed by atoms with van der Waals surface area (Å²) in [6, 6.07) is 9.80. The highest BCUT2D eigenvalue weighted by Crippen LogP contribution is 2.23. The van der Waals surface area contributed by atoms with E-state index in [0.29, 0.717) is 33.1 Å². The molecule has 154 valence electrons. The zero-order chi connectivity index (χ0) is 21.4. The second kappa shape index (κ2) is 7.92. The van der Waals surface area contributed by atoms with E-state index in [9.17, 15) is 14.4 Å². The largest absolute Gasteiger partial charge is 0.360 e. The molecule has 30 heavy (non-hydrogen) atoms. The van der Waals surface area contributed by atoms with E-state index in [2.05, 4.69) is 10.5 Å². The molecule has 4 rings (SSSR count). The van der Waals surface area contributed by atoms with Crippen molar-refractivity contribution in [1.29, 1.82) is 0 Å². The molecule has 0 fully saturated rings. The molecule has 8 nitrogen and oxygen atoms in total. The number of benzene rings is 1. The Balaban J connectivity index is 1.87. The number of rotatable bonds is 5. The monoisotopic (exact) mass is 444 g/mol. The molecule has 1 amide bonds. The Morgan fingerprint density at radius 3 is 2.73 bits per heavy atom. The number of carbonyl (C=O) groups is 1. The molecular weight excluding hydrogens is 428 g/mol. The molecule has 0 aliphatic carbocycles. The third-order valence-corrected chi connectivity index (χ3v) is 6.01. The highest BCUT2D eigenvalue weighted by atomic mass is 35.5. The van der Waals surface area contributed by atoms with Crippen LogP contribution in [0.2, 0.25) is 5.02 Å². The summed E-state index contributed by atoms with van der Waals surface area (Å²) in [7, 11) is 0. The summed E-state index contributed by atoms with van der Waals surface area (Å²) < 4.78 is 7.27. The van der Waals surface area contributed by atoms with E-state index < -0.39 is 17.2 Å². The van der Waals surface area contributed by atoms with Gasteiger partial charge in [-0.1, -0.05) is 29.7 Å². The van der Waals surface area contributed by atoms with Crippen molar-refractivity contribution in [1.82, 2.24) is 14.3 Å². The average molecular weight is 445 g/mol. The smallest absolute Gasteiger partial charge is 0.337 e. The van der Waals surface area contributed by atoms with Crippen molar-refractivity contribution < 1.29 is 9.32 Å². The Labute approximate surface area is 179 Å². The lowest BCUT2D eigenvalue weighted by atomic mass is 10.3. The molecule has 0 aliphatic rings. The number of nitrogens with one attached hydrogen (secondary N) is 1. The van der Waals surface area contributed by atoms with Crippen LogP contribution in [0.1, 0.15) is 17.6 Å². The predicted molar refractivity (Wildman–Crippen MR) is 116 cm³/mol. The van der Waals surface area contributed by atoms with E-state index in [1.807, 2.05) is 6.92 Å². The van der Waals surface area contributed by atoms with Gasteiger partial charge in [-0.15, -0.1) is 11.3 Å². The van der Waals surface area contributed by atoms with Gasteiger partial charge in [0.2, 0.25) is 5.91 Å². The standard InChI is InChI=1S/C20H17ClN4O4S/c1-3-14-9-15-18(27)25(13-6-4-5-12(21)8-13)20(28)24(19(15)30-14)10-17(26)22-16-7-11(2)29-23-16/h4-9H,3,10H2,1-2H3,(H,22,23,26). The Kier molecular flexibility index (Phi) is 5.31. The van der Waals surface area contributed by atoms with E-state index in [0.717, 1.165) is 9.44 Å². The fourth-order valence-electron chi connectivity index (χ4n) is 3.11. The van der Waals surface area contributed by atoms with Crippen LogP contribution in [0.25, 0.3) is 15.9 Å². The Morgan fingerprint density at radius 2 is 2.07 bits per heavy atom. The number of thiophene rings is 1. The molecule has 3 aromatic heterocycles. The fraction of sp³-hybridized carbons (Fsp3) is 0.200. The first kappa shape index (κ1) is 20.1. The van der Waals surface area contributed by atoms with E-state index >= 15 is 0 Å². The van der Waals surface area contributed by atoms with E-state index in [4.69, 9.17) is 16.1 Å². The van der Waals surface area contributed by atoms with Gasteiger partial charge in [-0.2, -0.15) is 0 Å². The van der Waals surface area contributed by atoms with Crippen LogP contribution in [0.4, 0.5) is 5.82 Å². The van der Waals surface area contributed by atoms with Gasteiger partial charge in [0.15, 0.2) is 5.82 Å². The molecule has 0 aliphatic heterocycles. The van der Waals surface area contributed by atoms with Crippen LogP contribution in [0.3, 0.4) is 0 Å². The van der Waals surface area contributed by atoms with Gasteiger partial charge >= 0.3 is 5.69 Å². The number of hydrogen-bond donors (Lipinski definition) is 1. The van der Waals surface area contributed by atoms with Gasteiger partial charge in [0.25, 0.3) is 5.56 Å². The summed E-state index contributed by atoms with van der Waals surface area (Å²) in [6.45, 7) is 3.38. The number of carbonyl (C=O) groups excluding carboxylic acids is 1. The van der Waals surface area contributed by atoms with Crippen LogP contribution >= 0.6 is 22.9 Å². The van der Waals surface area contributed by atoms with Gasteiger partial charge in [-0.3, -0.25) is 14.2 Å². The lowest BCUT2D eigenvalue weighted by Gasteiger charge is -2.12. The molecule has 0 spiro atoms. The SMILES string of the molecule is CCc1cc2c(=O)n(-c3cccc(Cl)c3)c(=O)n(CC(=O)Nc3cc(C)on3)c2s1. The van der Waals surface area contributed by atoms with Crippen molar-refractivity contribution in [2.24, 2.45) is 0 Å². The number of anilines is 1. The summed E-state index contributed by atoms with van der Waals surface area (Å²) >= 11 is 7.38. The summed E-state index contributed by atoms with van der Waals surface area (Å²) in [5.74, 6) is 0.338. The van der Waals surface area contributed by atoms with Crippen LogP contribution in [-0.4, -0.2) is 20.2 Å². The summed E-state index contributed by atoms with van der Waals surface area (Å²) in [5.41, 5.74) is -0.729. The molecule has 1 N–H and O–H groups in total. The molecular formula is C20H17ClN4O4S. The molecule has 0 bridgehead atoms. The summed E-state index contributed by atoms with van der Waals surface area (Å²) in [6.07, 6.45) is 0.703. The molecule has 10 heteroatoms. The minimum absolute atomic E-state index is 0.255. The lowest BCUT2D eigenvalue weighted by molar-refractivity contribution is -0.116. The molecule has 0 saturated carbocycles. The third-order valence-electron chi connectivity index (χ3n) is 4.48. The Morgan fingerprint density at radius 1 is 1.27 bits per heavy atom. The highest BCUT2D eigenvalue weighted by Gasteiger charge is 2.19. The molecule has 4 aromatic rings. The van der Waals surface area contributed by atoms with Gasteiger partial charge in [0, 0.05) is 16.0 Å². The molecule has 3 heterocycles. The topological polar surface area (TPSA) is 99.1 Å². The lowest BCUT2D eigenvalue weighted by Crippen LogP contribution is -2.40. The Hall–Kier alpha value is -3.17. The maximum Gasteiger partial charge on any atom is 0.337 e. The van der Waals surface area contributed by atoms with Crippen LogP contribution in [-0.2, 0) is 17.8 Å². The highest BCUT2D eigenvalue weighted by molar-refractivity contribution is 7.18. The quantitative estimate of drug-likeness (QED) is 0.508. The first-order valence-corrected chi connectivity index (χ1v) is 10.3. The number of aryl methyl sites for hydroxylation is 2. The summed E-state index contributed by atoms with van der Waals surface area (Å²) in [4.78, 5) is 40.4. The van der Waals surface area contributed by atoms with Gasteiger partial charge < -0.3 is 9.84 Å². The molecule has 0 atom stereocenters. The normalized spacial score (nSPS) is 11.2. The predicted octanol–water partition coefficient (Wildman–Crippen LogP) is 3.36. The number of amides is 1. The maximum atomic E-state index is 13.3. The van der Waals surface area contributed by atoms with Gasteiger partial charge in [0.05, 0.1) is 11.1 Å². The number of aromatic nitrogens is 3. The number of fused-ring (bicyclic) bond motifs is 1. The van der Waals surface area contributed by atoms with Crippen molar-refractivity contribution >= 4 is 44.9 Å². The van der Waals surface area contributed by atoms with Crippen LogP contribution in [0, 0.1) is 6.92 Å². The van der Waals surface area contributed by atoms with E-state index in [-0.39, 0.29) is 12.4 Å². The van der Waals surface area contributed by atoms with Crippen molar-refractivity contribution in [3.05, 3.63) is 72.9 Å². The second-order valence-corrected chi connectivity index (χ2v) is 8.20. The van der Waals surface area contributed by atoms with Crippen LogP contribution < -0.4 is 16.6 Å². The van der Waals surface area contributed by atoms with Gasteiger partial charge in [-0.05, 0) is 37.6 Å². The zero-order valence-electron chi connectivity index (χ0n) is 16.1. The number of halogens is 1. The van der Waals surface area contributed by atoms with Gasteiger partial charge in [-0.25, -0.2) is 9.36 Å². The molecule has 0 saturated heterocycles. The first-order valence-electron chi connectivity index (χ1n) is 9.14. The minimum atomic E-state index is -0.620. The van der Waals surface area contributed by atoms with Crippen molar-refractivity contribution in [2.45, 2.75) is 26.8 Å². The second-order valence-electron chi connectivity index (χ2n) is 6.65. The fourth-order valence-corrected chi connectivity index (χ4v) is 4.37. The first-order chi connectivity index (χ1) is 14.4. The van der Waals surface area contributed by atoms with E-state index in [1.54, 1.807) is 37.3 Å². The summed E-state index contributed by atoms with van der Waals surface area (Å²) in [5, 5.41) is 7.10. The van der Waals surface area contributed by atoms with Crippen LogP contribution in [0.5, 0.6) is 0 Å². The maximum absolute atomic E-state index is 13.3. The Bertz CT molecular complexity index is 1380. The molecule has 0 radical (unpaired) electrons. The third kappa shape index (κ3) is 3.69. The van der Waals surface area contributed by atoms with Crippen molar-refractivity contribution in [2.75, 3.05) is 5.32 Å². The van der Waals surface area contributed by atoms with Crippen LogP contribution in [0.15, 0.2) is 50.5 Å².